The number of rotatable bonds is 6. The molecule has 0 unspecified atom stereocenters. The Morgan fingerprint density at radius 2 is 1.94 bits per heavy atom. The van der Waals surface area contributed by atoms with E-state index in [1.807, 2.05) is 24.3 Å². The Labute approximate surface area is 188 Å². The molecular weight excluding hydrogens is 458 g/mol. The van der Waals surface area contributed by atoms with Gasteiger partial charge in [0, 0.05) is 11.6 Å². The normalized spacial score (nSPS) is 10.9. The van der Waals surface area contributed by atoms with Gasteiger partial charge in [0.05, 0.1) is 26.6 Å². The van der Waals surface area contributed by atoms with Gasteiger partial charge in [-0.2, -0.15) is 0 Å². The minimum Gasteiger partial charge on any atom is -0.462 e. The van der Waals surface area contributed by atoms with Crippen molar-refractivity contribution < 1.29 is 19.2 Å². The maximum Gasteiger partial charge on any atom is 0.348 e. The lowest BCUT2D eigenvalue weighted by Gasteiger charge is -2.04. The Morgan fingerprint density at radius 3 is 2.61 bits per heavy atom. The fraction of sp³-hybridized carbons (Fsp3) is 0.150. The first-order valence-corrected chi connectivity index (χ1v) is 11.6. The fourth-order valence-corrected chi connectivity index (χ4v) is 5.89. The van der Waals surface area contributed by atoms with Crippen LogP contribution in [0.3, 0.4) is 0 Å². The summed E-state index contributed by atoms with van der Waals surface area (Å²) in [5.41, 5.74) is 2.13. The summed E-state index contributed by atoms with van der Waals surface area (Å²) in [6.07, 6.45) is 0. The first-order chi connectivity index (χ1) is 14.9. The molecule has 4 rings (SSSR count). The largest absolute Gasteiger partial charge is 0.462 e. The number of aromatic nitrogens is 1. The van der Waals surface area contributed by atoms with Crippen molar-refractivity contribution in [1.29, 1.82) is 0 Å². The predicted molar refractivity (Wildman–Crippen MR) is 123 cm³/mol. The minimum atomic E-state index is -0.540. The molecule has 8 nitrogen and oxygen atoms in total. The van der Waals surface area contributed by atoms with Gasteiger partial charge in [0.1, 0.15) is 14.9 Å². The van der Waals surface area contributed by atoms with Gasteiger partial charge < -0.3 is 10.1 Å². The molecule has 11 heteroatoms. The minimum absolute atomic E-state index is 0.119. The summed E-state index contributed by atoms with van der Waals surface area (Å²) in [5.74, 6) is -0.961. The van der Waals surface area contributed by atoms with Crippen LogP contribution in [0.4, 0.5) is 10.0 Å². The molecule has 0 aliphatic carbocycles. The van der Waals surface area contributed by atoms with E-state index in [0.29, 0.717) is 26.0 Å². The second-order valence-electron chi connectivity index (χ2n) is 6.32. The SMILES string of the molecule is CCOC(=O)c1sc(NC(=O)c2ccc([N+](=O)[O-])s2)c(-c2nc3ccccc3s2)c1C. The van der Waals surface area contributed by atoms with Crippen molar-refractivity contribution in [3.8, 4) is 10.6 Å². The summed E-state index contributed by atoms with van der Waals surface area (Å²) in [6, 6.07) is 10.4. The number of carbonyl (C=O) groups is 2. The molecule has 1 amide bonds. The standard InChI is InChI=1S/C20H15N3O5S3/c1-3-28-20(25)16-10(2)15(18-21-11-6-4-5-7-12(11)30-18)19(31-16)22-17(24)13-8-9-14(29-13)23(26)27/h4-9H,3H2,1-2H3,(H,22,24). The molecule has 3 heterocycles. The van der Waals surface area contributed by atoms with E-state index in [9.17, 15) is 19.7 Å². The van der Waals surface area contributed by atoms with Crippen LogP contribution in [0.1, 0.15) is 31.8 Å². The average Bonchev–Trinajstić information content (AvgIpc) is 3.44. The molecule has 0 aliphatic heterocycles. The van der Waals surface area contributed by atoms with Crippen molar-refractivity contribution >= 4 is 66.1 Å². The van der Waals surface area contributed by atoms with Crippen molar-refractivity contribution in [2.75, 3.05) is 11.9 Å². The van der Waals surface area contributed by atoms with E-state index in [1.165, 1.54) is 23.5 Å². The van der Waals surface area contributed by atoms with E-state index < -0.39 is 16.8 Å². The van der Waals surface area contributed by atoms with Crippen molar-refractivity contribution in [3.05, 3.63) is 61.8 Å². The molecule has 158 valence electrons. The maximum atomic E-state index is 12.8. The van der Waals surface area contributed by atoms with E-state index in [1.54, 1.807) is 13.8 Å². The third-order valence-electron chi connectivity index (χ3n) is 4.34. The third kappa shape index (κ3) is 4.07. The smallest absolute Gasteiger partial charge is 0.348 e. The van der Waals surface area contributed by atoms with E-state index in [4.69, 9.17) is 4.74 Å². The van der Waals surface area contributed by atoms with Gasteiger partial charge in [-0.25, -0.2) is 9.78 Å². The van der Waals surface area contributed by atoms with Gasteiger partial charge in [0.2, 0.25) is 0 Å². The molecule has 0 bridgehead atoms. The second kappa shape index (κ2) is 8.53. The van der Waals surface area contributed by atoms with E-state index >= 15 is 0 Å². The van der Waals surface area contributed by atoms with Crippen LogP contribution in [0, 0.1) is 17.0 Å². The first-order valence-electron chi connectivity index (χ1n) is 9.11. The number of esters is 1. The average molecular weight is 474 g/mol. The van der Waals surface area contributed by atoms with Gasteiger partial charge >= 0.3 is 11.0 Å². The third-order valence-corrected chi connectivity index (χ3v) is 7.61. The molecule has 0 saturated heterocycles. The molecule has 31 heavy (non-hydrogen) atoms. The molecule has 4 aromatic rings. The Hall–Kier alpha value is -3.15. The maximum absolute atomic E-state index is 12.8. The molecule has 1 aromatic carbocycles. The number of nitro groups is 1. The molecule has 0 aliphatic rings. The Balaban J connectivity index is 1.77. The van der Waals surface area contributed by atoms with Crippen LogP contribution in [0.25, 0.3) is 20.8 Å². The predicted octanol–water partition coefficient (Wildman–Crippen LogP) is 5.73. The van der Waals surface area contributed by atoms with E-state index in [-0.39, 0.29) is 16.5 Å². The summed E-state index contributed by atoms with van der Waals surface area (Å²) in [7, 11) is 0. The number of anilines is 1. The number of benzene rings is 1. The zero-order chi connectivity index (χ0) is 22.1. The summed E-state index contributed by atoms with van der Waals surface area (Å²) < 4.78 is 6.14. The van der Waals surface area contributed by atoms with E-state index in [0.717, 1.165) is 32.9 Å². The Morgan fingerprint density at radius 1 is 1.16 bits per heavy atom. The van der Waals surface area contributed by atoms with Crippen LogP contribution in [-0.4, -0.2) is 28.4 Å². The van der Waals surface area contributed by atoms with Crippen LogP contribution in [0.15, 0.2) is 36.4 Å². The highest BCUT2D eigenvalue weighted by Crippen LogP contribution is 2.44. The van der Waals surface area contributed by atoms with E-state index in [2.05, 4.69) is 10.3 Å². The fourth-order valence-electron chi connectivity index (χ4n) is 2.94. The van der Waals surface area contributed by atoms with Gasteiger partial charge in [-0.3, -0.25) is 14.9 Å². The van der Waals surface area contributed by atoms with Gasteiger partial charge in [-0.15, -0.1) is 22.7 Å². The number of para-hydroxylation sites is 1. The van der Waals surface area contributed by atoms with Gasteiger partial charge in [0.25, 0.3) is 5.91 Å². The highest BCUT2D eigenvalue weighted by Gasteiger charge is 2.26. The van der Waals surface area contributed by atoms with Crippen LogP contribution in [-0.2, 0) is 4.74 Å². The zero-order valence-electron chi connectivity index (χ0n) is 16.3. The number of nitrogens with one attached hydrogen (secondary N) is 1. The first kappa shape index (κ1) is 21.1. The quantitative estimate of drug-likeness (QED) is 0.217. The Bertz CT molecular complexity index is 1290. The molecule has 0 spiro atoms. The topological polar surface area (TPSA) is 111 Å². The lowest BCUT2D eigenvalue weighted by molar-refractivity contribution is -0.380. The number of carbonyl (C=O) groups excluding carboxylic acids is 2. The van der Waals surface area contributed by atoms with Crippen molar-refractivity contribution in [2.45, 2.75) is 13.8 Å². The zero-order valence-corrected chi connectivity index (χ0v) is 18.8. The summed E-state index contributed by atoms with van der Waals surface area (Å²) in [4.78, 5) is 40.9. The van der Waals surface area contributed by atoms with Crippen molar-refractivity contribution in [3.63, 3.8) is 0 Å². The number of thiophene rings is 2. The van der Waals surface area contributed by atoms with Crippen molar-refractivity contribution in [2.24, 2.45) is 0 Å². The molecule has 0 fully saturated rings. The number of hydrogen-bond donors (Lipinski definition) is 1. The second-order valence-corrected chi connectivity index (χ2v) is 9.43. The lowest BCUT2D eigenvalue weighted by Crippen LogP contribution is -2.09. The number of nitrogens with zero attached hydrogens (tertiary/aromatic N) is 2. The number of fused-ring (bicyclic) bond motifs is 1. The van der Waals surface area contributed by atoms with Crippen LogP contribution >= 0.6 is 34.0 Å². The molecule has 0 atom stereocenters. The summed E-state index contributed by atoms with van der Waals surface area (Å²) in [6.45, 7) is 3.74. The molecule has 0 radical (unpaired) electrons. The summed E-state index contributed by atoms with van der Waals surface area (Å²) >= 11 is 3.35. The van der Waals surface area contributed by atoms with Gasteiger partial charge in [-0.05, 0) is 37.6 Å². The monoisotopic (exact) mass is 473 g/mol. The lowest BCUT2D eigenvalue weighted by atomic mass is 10.1. The van der Waals surface area contributed by atoms with Crippen LogP contribution < -0.4 is 5.32 Å². The number of ether oxygens (including phenoxy) is 1. The Kier molecular flexibility index (Phi) is 5.81. The molecule has 1 N–H and O–H groups in total. The highest BCUT2D eigenvalue weighted by atomic mass is 32.1. The van der Waals surface area contributed by atoms with Gasteiger partial charge in [0.15, 0.2) is 0 Å². The molecule has 0 saturated carbocycles. The van der Waals surface area contributed by atoms with Crippen molar-refractivity contribution in [1.82, 2.24) is 4.98 Å². The highest BCUT2D eigenvalue weighted by molar-refractivity contribution is 7.23. The number of amides is 1. The van der Waals surface area contributed by atoms with Crippen LogP contribution in [0.2, 0.25) is 0 Å². The number of thiazole rings is 1. The number of hydrogen-bond acceptors (Lipinski definition) is 9. The van der Waals surface area contributed by atoms with Gasteiger partial charge in [-0.1, -0.05) is 23.5 Å². The molecule has 3 aromatic heterocycles. The van der Waals surface area contributed by atoms with Crippen LogP contribution in [0.5, 0.6) is 0 Å². The molecular formula is C20H15N3O5S3. The summed E-state index contributed by atoms with van der Waals surface area (Å²) in [5, 5.41) is 14.7.